The van der Waals surface area contributed by atoms with Crippen molar-refractivity contribution in [2.24, 2.45) is 11.8 Å². The molecule has 0 aliphatic carbocycles. The Hall–Kier alpha value is -1.22. The Bertz CT molecular complexity index is 508. The van der Waals surface area contributed by atoms with Gasteiger partial charge in [0.05, 0.1) is 18.3 Å². The van der Waals surface area contributed by atoms with Crippen LogP contribution in [-0.4, -0.2) is 67.1 Å². The van der Waals surface area contributed by atoms with Gasteiger partial charge in [0.1, 0.15) is 12.7 Å². The van der Waals surface area contributed by atoms with Crippen molar-refractivity contribution in [1.29, 1.82) is 0 Å². The smallest absolute Gasteiger partial charge is 0.303 e. The molecule has 0 bridgehead atoms. The van der Waals surface area contributed by atoms with Gasteiger partial charge in [-0.2, -0.15) is 0 Å². The molecule has 2 saturated heterocycles. The van der Waals surface area contributed by atoms with Crippen LogP contribution >= 0.6 is 0 Å². The summed E-state index contributed by atoms with van der Waals surface area (Å²) < 4.78 is 28.3. The van der Waals surface area contributed by atoms with E-state index in [0.29, 0.717) is 19.4 Å². The standard InChI is InChI=1S/C19H32O8/c1-6-14-17(22)15(7-8-23-14)26-19-18(25-13(5)21)11(3)10(2)16(27-19)9-24-12(4)20/h10-11,14-19,22H,6-9H2,1-5H3. The maximum atomic E-state index is 11.6. The fourth-order valence-corrected chi connectivity index (χ4v) is 3.64. The number of ether oxygens (including phenoxy) is 5. The van der Waals surface area contributed by atoms with Gasteiger partial charge in [-0.15, -0.1) is 0 Å². The van der Waals surface area contributed by atoms with E-state index in [9.17, 15) is 14.7 Å². The van der Waals surface area contributed by atoms with Crippen molar-refractivity contribution in [2.75, 3.05) is 13.2 Å². The molecule has 2 fully saturated rings. The van der Waals surface area contributed by atoms with E-state index >= 15 is 0 Å². The zero-order valence-corrected chi connectivity index (χ0v) is 16.8. The minimum Gasteiger partial charge on any atom is -0.463 e. The average Bonchev–Trinajstić information content (AvgIpc) is 2.61. The summed E-state index contributed by atoms with van der Waals surface area (Å²) in [4.78, 5) is 22.8. The minimum absolute atomic E-state index is 0.0171. The second kappa shape index (κ2) is 9.82. The van der Waals surface area contributed by atoms with Crippen molar-refractivity contribution >= 4 is 11.9 Å². The fraction of sp³-hybridized carbons (Fsp3) is 0.895. The molecule has 0 spiro atoms. The molecule has 0 amide bonds. The Labute approximate surface area is 160 Å². The highest BCUT2D eigenvalue weighted by Gasteiger charge is 2.46. The number of hydrogen-bond donors (Lipinski definition) is 1. The number of rotatable bonds is 6. The van der Waals surface area contributed by atoms with Gasteiger partial charge in [-0.05, 0) is 18.8 Å². The predicted molar refractivity (Wildman–Crippen MR) is 94.7 cm³/mol. The molecule has 2 aliphatic rings. The van der Waals surface area contributed by atoms with Crippen LogP contribution in [0.4, 0.5) is 0 Å². The van der Waals surface area contributed by atoms with E-state index in [1.165, 1.54) is 13.8 Å². The molecule has 0 aromatic heterocycles. The summed E-state index contributed by atoms with van der Waals surface area (Å²) in [7, 11) is 0. The molecular weight excluding hydrogens is 356 g/mol. The largest absolute Gasteiger partial charge is 0.463 e. The predicted octanol–water partition coefficient (Wildman–Crippen LogP) is 1.42. The highest BCUT2D eigenvalue weighted by Crippen LogP contribution is 2.35. The van der Waals surface area contributed by atoms with Crippen LogP contribution in [0.15, 0.2) is 0 Å². The Morgan fingerprint density at radius 1 is 1.11 bits per heavy atom. The SMILES string of the molecule is CCC1OCCC(OC2OC(COC(C)=O)C(C)C(C)C2OC(C)=O)C1O. The number of aliphatic hydroxyl groups excluding tert-OH is 1. The summed E-state index contributed by atoms with van der Waals surface area (Å²) in [5.41, 5.74) is 0. The van der Waals surface area contributed by atoms with E-state index in [1.807, 2.05) is 20.8 Å². The second-order valence-electron chi connectivity index (χ2n) is 7.41. The normalized spacial score (nSPS) is 39.6. The fourth-order valence-electron chi connectivity index (χ4n) is 3.64. The molecule has 2 aliphatic heterocycles. The first kappa shape index (κ1) is 22.1. The molecule has 8 nitrogen and oxygen atoms in total. The van der Waals surface area contributed by atoms with Gasteiger partial charge in [0.25, 0.3) is 0 Å². The van der Waals surface area contributed by atoms with Crippen LogP contribution in [-0.2, 0) is 33.3 Å². The molecule has 0 radical (unpaired) electrons. The lowest BCUT2D eigenvalue weighted by molar-refractivity contribution is -0.309. The van der Waals surface area contributed by atoms with Crippen molar-refractivity contribution in [2.45, 2.75) is 84.3 Å². The van der Waals surface area contributed by atoms with Crippen LogP contribution in [0.1, 0.15) is 47.5 Å². The molecule has 0 saturated carbocycles. The zero-order valence-electron chi connectivity index (χ0n) is 16.8. The van der Waals surface area contributed by atoms with Crippen molar-refractivity contribution in [3.05, 3.63) is 0 Å². The number of aliphatic hydroxyl groups is 1. The topological polar surface area (TPSA) is 101 Å². The number of carbonyl (C=O) groups excluding carboxylic acids is 2. The molecule has 2 heterocycles. The van der Waals surface area contributed by atoms with Gasteiger partial charge in [-0.1, -0.05) is 20.8 Å². The maximum absolute atomic E-state index is 11.6. The molecule has 156 valence electrons. The highest BCUT2D eigenvalue weighted by molar-refractivity contribution is 5.66. The van der Waals surface area contributed by atoms with Gasteiger partial charge in [0.2, 0.25) is 0 Å². The van der Waals surface area contributed by atoms with E-state index in [4.69, 9.17) is 23.7 Å². The maximum Gasteiger partial charge on any atom is 0.303 e. The summed E-state index contributed by atoms with van der Waals surface area (Å²) in [6.45, 7) is 9.12. The van der Waals surface area contributed by atoms with Crippen LogP contribution in [0.3, 0.4) is 0 Å². The highest BCUT2D eigenvalue weighted by atomic mass is 16.7. The Balaban J connectivity index is 2.13. The number of hydrogen-bond acceptors (Lipinski definition) is 8. The molecule has 0 aromatic rings. The molecule has 27 heavy (non-hydrogen) atoms. The van der Waals surface area contributed by atoms with Crippen LogP contribution in [0.2, 0.25) is 0 Å². The van der Waals surface area contributed by atoms with E-state index in [1.54, 1.807) is 0 Å². The summed E-state index contributed by atoms with van der Waals surface area (Å²) in [6, 6.07) is 0. The third-order valence-corrected chi connectivity index (χ3v) is 5.47. The summed E-state index contributed by atoms with van der Waals surface area (Å²) in [6.07, 6.45) is -2.23. The molecule has 1 N–H and O–H groups in total. The van der Waals surface area contributed by atoms with Crippen LogP contribution in [0, 0.1) is 11.8 Å². The second-order valence-corrected chi connectivity index (χ2v) is 7.41. The van der Waals surface area contributed by atoms with E-state index in [-0.39, 0.29) is 36.6 Å². The molecular formula is C19H32O8. The van der Waals surface area contributed by atoms with Crippen molar-refractivity contribution < 1.29 is 38.4 Å². The summed E-state index contributed by atoms with van der Waals surface area (Å²) in [5, 5.41) is 10.5. The Morgan fingerprint density at radius 2 is 1.81 bits per heavy atom. The first-order valence-corrected chi connectivity index (χ1v) is 9.65. The van der Waals surface area contributed by atoms with Crippen LogP contribution in [0.5, 0.6) is 0 Å². The zero-order chi connectivity index (χ0) is 20.1. The molecule has 8 heteroatoms. The van der Waals surface area contributed by atoms with Crippen molar-refractivity contribution in [3.8, 4) is 0 Å². The monoisotopic (exact) mass is 388 g/mol. The van der Waals surface area contributed by atoms with Crippen LogP contribution < -0.4 is 0 Å². The minimum atomic E-state index is -0.851. The van der Waals surface area contributed by atoms with Gasteiger partial charge < -0.3 is 28.8 Å². The number of carbonyl (C=O) groups is 2. The van der Waals surface area contributed by atoms with E-state index in [2.05, 4.69) is 0 Å². The molecule has 8 unspecified atom stereocenters. The van der Waals surface area contributed by atoms with E-state index in [0.717, 1.165) is 0 Å². The Morgan fingerprint density at radius 3 is 2.41 bits per heavy atom. The first-order valence-electron chi connectivity index (χ1n) is 9.65. The summed E-state index contributed by atoms with van der Waals surface area (Å²) >= 11 is 0. The lowest BCUT2D eigenvalue weighted by Crippen LogP contribution is -2.56. The van der Waals surface area contributed by atoms with Gasteiger partial charge >= 0.3 is 11.9 Å². The van der Waals surface area contributed by atoms with Gasteiger partial charge in [-0.3, -0.25) is 9.59 Å². The van der Waals surface area contributed by atoms with Crippen LogP contribution in [0.25, 0.3) is 0 Å². The van der Waals surface area contributed by atoms with E-state index < -0.39 is 30.6 Å². The molecule has 0 aromatic carbocycles. The lowest BCUT2D eigenvalue weighted by atomic mass is 9.83. The third-order valence-electron chi connectivity index (χ3n) is 5.47. The molecule has 8 atom stereocenters. The average molecular weight is 388 g/mol. The van der Waals surface area contributed by atoms with Gasteiger partial charge in [0.15, 0.2) is 12.4 Å². The van der Waals surface area contributed by atoms with Crippen molar-refractivity contribution in [1.82, 2.24) is 0 Å². The number of esters is 2. The van der Waals surface area contributed by atoms with Gasteiger partial charge in [-0.25, -0.2) is 0 Å². The third kappa shape index (κ3) is 5.63. The lowest BCUT2D eigenvalue weighted by Gasteiger charge is -2.45. The van der Waals surface area contributed by atoms with Gasteiger partial charge in [0, 0.05) is 26.4 Å². The summed E-state index contributed by atoms with van der Waals surface area (Å²) in [5.74, 6) is -0.902. The molecule has 2 rings (SSSR count). The first-order chi connectivity index (χ1) is 12.7. The van der Waals surface area contributed by atoms with Crippen molar-refractivity contribution in [3.63, 3.8) is 0 Å². The quantitative estimate of drug-likeness (QED) is 0.682. The Kier molecular flexibility index (Phi) is 8.03.